The maximum Gasteiger partial charge on any atom is 0.302 e. The van der Waals surface area contributed by atoms with E-state index in [1.807, 2.05) is 0 Å². The van der Waals surface area contributed by atoms with Gasteiger partial charge in [-0.05, 0) is 97.6 Å². The van der Waals surface area contributed by atoms with Gasteiger partial charge in [-0.25, -0.2) is 0 Å². The molecule has 0 aromatic heterocycles. The van der Waals surface area contributed by atoms with Crippen LogP contribution in [0.5, 0.6) is 0 Å². The van der Waals surface area contributed by atoms with Gasteiger partial charge in [0.1, 0.15) is 6.10 Å². The van der Waals surface area contributed by atoms with Crippen LogP contribution in [0.1, 0.15) is 86.5 Å². The van der Waals surface area contributed by atoms with E-state index in [4.69, 9.17) is 9.16 Å². The van der Waals surface area contributed by atoms with Crippen LogP contribution in [0.25, 0.3) is 0 Å². The van der Waals surface area contributed by atoms with Crippen molar-refractivity contribution in [1.29, 1.82) is 0 Å². The molecule has 0 spiro atoms. The van der Waals surface area contributed by atoms with Gasteiger partial charge in [0, 0.05) is 20.1 Å². The van der Waals surface area contributed by atoms with E-state index in [0.29, 0.717) is 23.7 Å². The Hall–Kier alpha value is -0.653. The summed E-state index contributed by atoms with van der Waals surface area (Å²) >= 11 is 0. The van der Waals surface area contributed by atoms with Gasteiger partial charge >= 0.3 is 5.97 Å². The van der Waals surface area contributed by atoms with Crippen molar-refractivity contribution in [2.45, 2.75) is 111 Å². The number of esters is 1. The summed E-state index contributed by atoms with van der Waals surface area (Å²) in [6.07, 6.45) is 7.38. The molecular weight excluding hydrogens is 428 g/mol. The zero-order valence-corrected chi connectivity index (χ0v) is 23.6. The average molecular weight is 479 g/mol. The lowest BCUT2D eigenvalue weighted by atomic mass is 9.49. The lowest BCUT2D eigenvalue weighted by molar-refractivity contribution is -0.156. The molecule has 0 amide bonds. The van der Waals surface area contributed by atoms with Crippen LogP contribution < -0.4 is 0 Å². The average Bonchev–Trinajstić information content (AvgIpc) is 3.01. The SMILES string of the molecule is C=C1CCC2[C@H](CO)[C@@H]([C@@]3(C)CC[C@H](OC(C)=O)C[C@@H]3CO[Si](C)(C)C(C)(C)C)CC[C@]12C. The molecule has 1 unspecified atom stereocenters. The van der Waals surface area contributed by atoms with Gasteiger partial charge in [0.15, 0.2) is 8.32 Å². The molecule has 0 radical (unpaired) electrons. The normalized spacial score (nSPS) is 39.9. The smallest absolute Gasteiger partial charge is 0.302 e. The van der Waals surface area contributed by atoms with Gasteiger partial charge in [0.05, 0.1) is 0 Å². The topological polar surface area (TPSA) is 55.8 Å². The van der Waals surface area contributed by atoms with Crippen LogP contribution in [0.15, 0.2) is 12.2 Å². The molecule has 1 N–H and O–H groups in total. The summed E-state index contributed by atoms with van der Waals surface area (Å²) in [7, 11) is -1.89. The predicted molar refractivity (Wildman–Crippen MR) is 137 cm³/mol. The Labute approximate surface area is 204 Å². The van der Waals surface area contributed by atoms with Gasteiger partial charge in [-0.2, -0.15) is 0 Å². The zero-order valence-electron chi connectivity index (χ0n) is 22.6. The van der Waals surface area contributed by atoms with E-state index in [9.17, 15) is 9.90 Å². The van der Waals surface area contributed by atoms with Crippen molar-refractivity contribution in [3.8, 4) is 0 Å². The van der Waals surface area contributed by atoms with Gasteiger partial charge in [-0.15, -0.1) is 0 Å². The van der Waals surface area contributed by atoms with E-state index in [0.717, 1.165) is 45.1 Å². The number of aliphatic hydroxyl groups is 1. The lowest BCUT2D eigenvalue weighted by Crippen LogP contribution is -2.53. The standard InChI is InChI=1S/C28H50O4Si/c1-19-10-11-24-23(17-29)25(13-15-27(19,24)6)28(7)14-12-22(32-20(2)30)16-21(28)18-31-33(8,9)26(3,4)5/h21-25,29H,1,10-18H2,2-9H3/t21-,22+,23+,24?,25+,27-,28+/m1/s1. The maximum atomic E-state index is 11.7. The minimum Gasteiger partial charge on any atom is -0.463 e. The Balaban J connectivity index is 1.88. The molecule has 3 saturated carbocycles. The van der Waals surface area contributed by atoms with Gasteiger partial charge in [-0.3, -0.25) is 4.79 Å². The summed E-state index contributed by atoms with van der Waals surface area (Å²) < 4.78 is 12.5. The second-order valence-corrected chi connectivity index (χ2v) is 18.2. The Morgan fingerprint density at radius 2 is 1.82 bits per heavy atom. The molecule has 7 atom stereocenters. The molecule has 3 aliphatic rings. The van der Waals surface area contributed by atoms with Crippen LogP contribution in [-0.2, 0) is 14.0 Å². The minimum absolute atomic E-state index is 0.0173. The first kappa shape index (κ1) is 26.9. The third-order valence-electron chi connectivity index (χ3n) is 10.7. The van der Waals surface area contributed by atoms with E-state index >= 15 is 0 Å². The third kappa shape index (κ3) is 5.02. The van der Waals surface area contributed by atoms with Crippen LogP contribution in [0.3, 0.4) is 0 Å². The fourth-order valence-electron chi connectivity index (χ4n) is 7.26. The number of ether oxygens (including phenoxy) is 1. The molecule has 0 bridgehead atoms. The molecule has 5 heteroatoms. The highest BCUT2D eigenvalue weighted by molar-refractivity contribution is 6.74. The Morgan fingerprint density at radius 1 is 1.15 bits per heavy atom. The number of carbonyl (C=O) groups excluding carboxylic acids is 1. The first-order chi connectivity index (χ1) is 15.2. The highest BCUT2D eigenvalue weighted by Crippen LogP contribution is 2.63. The summed E-state index contributed by atoms with van der Waals surface area (Å²) in [6.45, 7) is 23.3. The van der Waals surface area contributed by atoms with E-state index < -0.39 is 8.32 Å². The highest BCUT2D eigenvalue weighted by Gasteiger charge is 2.57. The van der Waals surface area contributed by atoms with Crippen LogP contribution in [0.2, 0.25) is 18.1 Å². The Kier molecular flexibility index (Phi) is 7.69. The first-order valence-corrected chi connectivity index (χ1v) is 16.2. The number of aliphatic hydroxyl groups excluding tert-OH is 1. The fraction of sp³-hybridized carbons (Fsp3) is 0.893. The number of hydrogen-bond acceptors (Lipinski definition) is 4. The second-order valence-electron chi connectivity index (χ2n) is 13.4. The first-order valence-electron chi connectivity index (χ1n) is 13.3. The van der Waals surface area contributed by atoms with Gasteiger partial charge in [0.2, 0.25) is 0 Å². The fourth-order valence-corrected chi connectivity index (χ4v) is 8.31. The minimum atomic E-state index is -1.89. The summed E-state index contributed by atoms with van der Waals surface area (Å²) in [4.78, 5) is 11.7. The summed E-state index contributed by atoms with van der Waals surface area (Å²) in [5.74, 6) is 1.46. The van der Waals surface area contributed by atoms with Crippen LogP contribution in [0, 0.1) is 34.5 Å². The molecule has 33 heavy (non-hydrogen) atoms. The van der Waals surface area contributed by atoms with Crippen molar-refractivity contribution in [3.05, 3.63) is 12.2 Å². The number of rotatable bonds is 6. The van der Waals surface area contributed by atoms with E-state index in [2.05, 4.69) is 54.3 Å². The second kappa shape index (κ2) is 9.42. The zero-order chi connectivity index (χ0) is 24.8. The van der Waals surface area contributed by atoms with Crippen molar-refractivity contribution in [1.82, 2.24) is 0 Å². The lowest BCUT2D eigenvalue weighted by Gasteiger charge is -2.57. The summed E-state index contributed by atoms with van der Waals surface area (Å²) in [5, 5.41) is 10.8. The molecular formula is C28H50O4Si. The molecule has 0 aromatic rings. The molecule has 3 rings (SSSR count). The van der Waals surface area contributed by atoms with Gasteiger partial charge in [-0.1, -0.05) is 46.8 Å². The predicted octanol–water partition coefficient (Wildman–Crippen LogP) is 6.74. The Bertz CT molecular complexity index is 741. The number of fused-ring (bicyclic) bond motifs is 1. The Morgan fingerprint density at radius 3 is 2.39 bits per heavy atom. The molecule has 3 fully saturated rings. The van der Waals surface area contributed by atoms with E-state index in [1.165, 1.54) is 18.9 Å². The van der Waals surface area contributed by atoms with Gasteiger partial charge in [0.25, 0.3) is 0 Å². The molecule has 190 valence electrons. The van der Waals surface area contributed by atoms with Crippen LogP contribution >= 0.6 is 0 Å². The van der Waals surface area contributed by atoms with Crippen molar-refractivity contribution >= 4 is 14.3 Å². The molecule has 0 heterocycles. The summed E-state index contributed by atoms with van der Waals surface area (Å²) in [5.41, 5.74) is 1.66. The molecule has 3 aliphatic carbocycles. The molecule has 0 saturated heterocycles. The summed E-state index contributed by atoms with van der Waals surface area (Å²) in [6, 6.07) is 0. The third-order valence-corrected chi connectivity index (χ3v) is 15.2. The monoisotopic (exact) mass is 478 g/mol. The molecule has 0 aromatic carbocycles. The van der Waals surface area contributed by atoms with Crippen molar-refractivity contribution in [3.63, 3.8) is 0 Å². The van der Waals surface area contributed by atoms with E-state index in [1.54, 1.807) is 0 Å². The van der Waals surface area contributed by atoms with Crippen LogP contribution in [-0.4, -0.2) is 38.7 Å². The largest absolute Gasteiger partial charge is 0.463 e. The van der Waals surface area contributed by atoms with Gasteiger partial charge < -0.3 is 14.3 Å². The maximum absolute atomic E-state index is 11.7. The van der Waals surface area contributed by atoms with Crippen molar-refractivity contribution < 1.29 is 19.1 Å². The van der Waals surface area contributed by atoms with E-state index in [-0.39, 0.29) is 34.5 Å². The van der Waals surface area contributed by atoms with Crippen LogP contribution in [0.4, 0.5) is 0 Å². The quantitative estimate of drug-likeness (QED) is 0.261. The number of allylic oxidation sites excluding steroid dienone is 1. The number of hydrogen-bond donors (Lipinski definition) is 1. The van der Waals surface area contributed by atoms with Crippen molar-refractivity contribution in [2.75, 3.05) is 13.2 Å². The highest BCUT2D eigenvalue weighted by atomic mass is 28.4. The molecule has 0 aliphatic heterocycles. The number of carbonyl (C=O) groups is 1. The van der Waals surface area contributed by atoms with Crippen molar-refractivity contribution in [2.24, 2.45) is 34.5 Å². The molecule has 4 nitrogen and oxygen atoms in total.